The maximum Gasteiger partial charge on any atom is 0.303 e. The van der Waals surface area contributed by atoms with E-state index in [1.807, 2.05) is 0 Å². The number of hydroxylamine groups is 2. The number of fused-ring (bicyclic) bond motifs is 1. The van der Waals surface area contributed by atoms with Crippen LogP contribution in [0.3, 0.4) is 0 Å². The molecule has 0 aliphatic carbocycles. The van der Waals surface area contributed by atoms with E-state index in [0.717, 1.165) is 10.1 Å². The maximum atomic E-state index is 11.0. The van der Waals surface area contributed by atoms with Crippen LogP contribution in [-0.2, 0) is 19.1 Å². The molecule has 0 bridgehead atoms. The van der Waals surface area contributed by atoms with Gasteiger partial charge in [-0.15, -0.1) is 0 Å². The van der Waals surface area contributed by atoms with E-state index in [2.05, 4.69) is 0 Å². The smallest absolute Gasteiger partial charge is 0.303 e. The average Bonchev–Trinajstić information content (AvgIpc) is 2.48. The summed E-state index contributed by atoms with van der Waals surface area (Å²) in [5, 5.41) is 22.2. The van der Waals surface area contributed by atoms with Gasteiger partial charge in [-0.3, -0.25) is 20.0 Å². The van der Waals surface area contributed by atoms with Crippen LogP contribution in [0.5, 0.6) is 0 Å². The summed E-state index contributed by atoms with van der Waals surface area (Å²) in [6.45, 7) is 1.88. The van der Waals surface area contributed by atoms with Crippen LogP contribution in [0.1, 0.15) is 13.8 Å². The van der Waals surface area contributed by atoms with Gasteiger partial charge >= 0.3 is 11.9 Å². The molecular weight excluding hydrogens is 292 g/mol. The molecule has 8 heteroatoms. The molecule has 0 aromatic heterocycles. The molecule has 0 amide bonds. The fraction of sp³-hybridized carbons (Fsp3) is 0.286. The number of carbonyl (C=O) groups excluding carboxylic acids is 2. The number of benzene rings is 1. The van der Waals surface area contributed by atoms with Crippen LogP contribution in [0.15, 0.2) is 35.7 Å². The summed E-state index contributed by atoms with van der Waals surface area (Å²) in [7, 11) is 0. The van der Waals surface area contributed by atoms with Crippen molar-refractivity contribution in [1.82, 2.24) is 0 Å². The van der Waals surface area contributed by atoms with E-state index in [4.69, 9.17) is 9.47 Å². The number of para-hydroxylation sites is 2. The predicted octanol–water partition coefficient (Wildman–Crippen LogP) is 1.43. The number of carbonyl (C=O) groups is 2. The molecule has 1 aromatic carbocycles. The fourth-order valence-electron chi connectivity index (χ4n) is 1.99. The van der Waals surface area contributed by atoms with Crippen molar-refractivity contribution in [1.29, 1.82) is 0 Å². The van der Waals surface area contributed by atoms with Crippen LogP contribution in [0.2, 0.25) is 0 Å². The number of esters is 2. The quantitative estimate of drug-likeness (QED) is 0.806. The van der Waals surface area contributed by atoms with Crippen LogP contribution in [0, 0.1) is 0 Å². The second kappa shape index (κ2) is 6.46. The molecule has 1 heterocycles. The average molecular weight is 308 g/mol. The zero-order valence-electron chi connectivity index (χ0n) is 12.1. The van der Waals surface area contributed by atoms with E-state index in [1.54, 1.807) is 24.3 Å². The van der Waals surface area contributed by atoms with Crippen molar-refractivity contribution in [3.63, 3.8) is 0 Å². The molecule has 0 fully saturated rings. The molecule has 1 aliphatic heterocycles. The van der Waals surface area contributed by atoms with Crippen molar-refractivity contribution in [2.45, 2.75) is 13.8 Å². The first-order valence-corrected chi connectivity index (χ1v) is 6.47. The van der Waals surface area contributed by atoms with Crippen LogP contribution in [0.4, 0.5) is 11.4 Å². The van der Waals surface area contributed by atoms with Crippen molar-refractivity contribution >= 4 is 23.3 Å². The van der Waals surface area contributed by atoms with Gasteiger partial charge in [-0.2, -0.15) is 0 Å². The summed E-state index contributed by atoms with van der Waals surface area (Å²) in [5.41, 5.74) is 0.799. The van der Waals surface area contributed by atoms with Gasteiger partial charge < -0.3 is 9.47 Å². The Kier molecular flexibility index (Phi) is 4.64. The number of hydrogen-bond acceptors (Lipinski definition) is 8. The SMILES string of the molecule is CC(=O)OCC1=C(COC(C)=O)N(O)c2ccccc2N1O. The molecule has 1 aromatic rings. The summed E-state index contributed by atoms with van der Waals surface area (Å²) in [6, 6.07) is 6.51. The minimum Gasteiger partial charge on any atom is -0.459 e. The first-order chi connectivity index (χ1) is 10.4. The number of nitrogens with zero attached hydrogens (tertiary/aromatic N) is 2. The highest BCUT2D eigenvalue weighted by Crippen LogP contribution is 2.37. The molecule has 2 rings (SSSR count). The number of ether oxygens (including phenoxy) is 2. The topological polar surface area (TPSA) is 99.5 Å². The molecule has 2 N–H and O–H groups in total. The van der Waals surface area contributed by atoms with Gasteiger partial charge in [0.05, 0.1) is 11.4 Å². The third kappa shape index (κ3) is 3.18. The van der Waals surface area contributed by atoms with Gasteiger partial charge in [-0.05, 0) is 12.1 Å². The maximum absolute atomic E-state index is 11.0. The lowest BCUT2D eigenvalue weighted by Gasteiger charge is -2.34. The molecule has 1 aliphatic rings. The number of hydrogen-bond donors (Lipinski definition) is 2. The Bertz CT molecular complexity index is 575. The van der Waals surface area contributed by atoms with Crippen LogP contribution in [-0.4, -0.2) is 35.6 Å². The highest BCUT2D eigenvalue weighted by Gasteiger charge is 2.30. The standard InChI is InChI=1S/C14H16N2O6/c1-9(17)21-7-13-14(8-22-10(2)18)16(20)12-6-4-3-5-11(12)15(13)19/h3-6,19-20H,7-8H2,1-2H3. The fourth-order valence-corrected chi connectivity index (χ4v) is 1.99. The second-order valence-electron chi connectivity index (χ2n) is 4.57. The zero-order valence-corrected chi connectivity index (χ0v) is 12.1. The Balaban J connectivity index is 2.39. The summed E-state index contributed by atoms with van der Waals surface area (Å²) >= 11 is 0. The van der Waals surface area contributed by atoms with Crippen molar-refractivity contribution in [3.05, 3.63) is 35.7 Å². The Hall–Kier alpha value is -2.58. The Labute approximate surface area is 126 Å². The van der Waals surface area contributed by atoms with Crippen LogP contribution < -0.4 is 10.1 Å². The molecule has 0 atom stereocenters. The van der Waals surface area contributed by atoms with Gasteiger partial charge in [0, 0.05) is 13.8 Å². The van der Waals surface area contributed by atoms with E-state index >= 15 is 0 Å². The van der Waals surface area contributed by atoms with Gasteiger partial charge in [-0.25, -0.2) is 10.1 Å². The van der Waals surface area contributed by atoms with E-state index in [1.165, 1.54) is 13.8 Å². The Morgan fingerprint density at radius 3 is 1.59 bits per heavy atom. The molecule has 0 spiro atoms. The van der Waals surface area contributed by atoms with Gasteiger partial charge in [0.1, 0.15) is 24.6 Å². The lowest BCUT2D eigenvalue weighted by Crippen LogP contribution is -2.37. The Morgan fingerprint density at radius 2 is 1.27 bits per heavy atom. The van der Waals surface area contributed by atoms with Gasteiger partial charge in [0.25, 0.3) is 0 Å². The summed E-state index contributed by atoms with van der Waals surface area (Å²) in [4.78, 5) is 22.0. The highest BCUT2D eigenvalue weighted by molar-refractivity contribution is 5.77. The number of rotatable bonds is 4. The molecule has 0 saturated heterocycles. The first kappa shape index (κ1) is 15.8. The van der Waals surface area contributed by atoms with E-state index in [-0.39, 0.29) is 24.6 Å². The van der Waals surface area contributed by atoms with E-state index < -0.39 is 11.9 Å². The summed E-state index contributed by atoms with van der Waals surface area (Å²) < 4.78 is 9.75. The van der Waals surface area contributed by atoms with E-state index in [0.29, 0.717) is 11.4 Å². The highest BCUT2D eigenvalue weighted by atomic mass is 16.6. The molecule has 22 heavy (non-hydrogen) atoms. The van der Waals surface area contributed by atoms with Crippen LogP contribution in [0.25, 0.3) is 0 Å². The minimum atomic E-state index is -0.545. The summed E-state index contributed by atoms with van der Waals surface area (Å²) in [6.07, 6.45) is 0. The molecule has 8 nitrogen and oxygen atoms in total. The number of anilines is 2. The molecule has 0 saturated carbocycles. The molecule has 118 valence electrons. The molecule has 0 radical (unpaired) electrons. The monoisotopic (exact) mass is 308 g/mol. The largest absolute Gasteiger partial charge is 0.459 e. The van der Waals surface area contributed by atoms with Crippen LogP contribution >= 0.6 is 0 Å². The van der Waals surface area contributed by atoms with Crippen molar-refractivity contribution < 1.29 is 29.5 Å². The lowest BCUT2D eigenvalue weighted by atomic mass is 10.1. The van der Waals surface area contributed by atoms with Gasteiger partial charge in [0.2, 0.25) is 0 Å². The Morgan fingerprint density at radius 1 is 0.909 bits per heavy atom. The third-order valence-electron chi connectivity index (χ3n) is 3.01. The van der Waals surface area contributed by atoms with Crippen molar-refractivity contribution in [2.24, 2.45) is 0 Å². The first-order valence-electron chi connectivity index (χ1n) is 6.47. The van der Waals surface area contributed by atoms with Gasteiger partial charge in [-0.1, -0.05) is 12.1 Å². The molecular formula is C14H16N2O6. The third-order valence-corrected chi connectivity index (χ3v) is 3.01. The summed E-state index contributed by atoms with van der Waals surface area (Å²) in [5.74, 6) is -1.09. The van der Waals surface area contributed by atoms with Gasteiger partial charge in [0.15, 0.2) is 0 Å². The zero-order chi connectivity index (χ0) is 16.3. The predicted molar refractivity (Wildman–Crippen MR) is 75.3 cm³/mol. The lowest BCUT2D eigenvalue weighted by molar-refractivity contribution is -0.141. The van der Waals surface area contributed by atoms with Crippen molar-refractivity contribution in [2.75, 3.05) is 23.3 Å². The molecule has 0 unspecified atom stereocenters. The minimum absolute atomic E-state index is 0.0950. The second-order valence-corrected chi connectivity index (χ2v) is 4.57. The normalized spacial score (nSPS) is 13.8. The van der Waals surface area contributed by atoms with Crippen molar-refractivity contribution in [3.8, 4) is 0 Å². The van der Waals surface area contributed by atoms with E-state index in [9.17, 15) is 20.0 Å².